The van der Waals surface area contributed by atoms with Crippen LogP contribution in [0, 0.1) is 5.82 Å². The second-order valence-electron chi connectivity index (χ2n) is 10.1. The molecule has 8 nitrogen and oxygen atoms in total. The molecular formula is C32H34FN3O5S. The maximum Gasteiger partial charge on any atom is 0.338 e. The van der Waals surface area contributed by atoms with Gasteiger partial charge < -0.3 is 19.3 Å². The molecule has 0 bridgehead atoms. The van der Waals surface area contributed by atoms with Crippen LogP contribution in [0.4, 0.5) is 15.8 Å². The minimum Gasteiger partial charge on any atom is -0.494 e. The molecule has 3 aromatic carbocycles. The van der Waals surface area contributed by atoms with Gasteiger partial charge in [0.2, 0.25) is 9.84 Å². The van der Waals surface area contributed by atoms with E-state index in [0.717, 1.165) is 18.5 Å². The van der Waals surface area contributed by atoms with Crippen molar-refractivity contribution in [2.45, 2.75) is 36.5 Å². The molecule has 0 radical (unpaired) electrons. The van der Waals surface area contributed by atoms with Crippen LogP contribution in [0.5, 0.6) is 5.75 Å². The van der Waals surface area contributed by atoms with Gasteiger partial charge in [0.05, 0.1) is 34.9 Å². The van der Waals surface area contributed by atoms with Crippen LogP contribution in [0.1, 0.15) is 37.0 Å². The van der Waals surface area contributed by atoms with Gasteiger partial charge in [0, 0.05) is 43.4 Å². The molecule has 0 aliphatic carbocycles. The van der Waals surface area contributed by atoms with E-state index in [4.69, 9.17) is 9.47 Å². The van der Waals surface area contributed by atoms with Crippen molar-refractivity contribution >= 4 is 38.1 Å². The van der Waals surface area contributed by atoms with Gasteiger partial charge in [-0.05, 0) is 80.1 Å². The largest absolute Gasteiger partial charge is 0.494 e. The number of nitrogens with zero attached hydrogens (tertiary/aromatic N) is 3. The predicted molar refractivity (Wildman–Crippen MR) is 161 cm³/mol. The summed E-state index contributed by atoms with van der Waals surface area (Å²) in [7, 11) is -4.00. The lowest BCUT2D eigenvalue weighted by atomic mass is 10.1. The number of benzene rings is 3. The number of fused-ring (bicyclic) bond motifs is 1. The zero-order valence-corrected chi connectivity index (χ0v) is 24.6. The number of hydrogen-bond donors (Lipinski definition) is 0. The Bertz CT molecular complexity index is 1650. The Morgan fingerprint density at radius 2 is 1.62 bits per heavy atom. The highest BCUT2D eigenvalue weighted by molar-refractivity contribution is 7.91. The number of rotatable bonds is 10. The van der Waals surface area contributed by atoms with Crippen LogP contribution in [-0.4, -0.2) is 58.8 Å². The number of carbonyl (C=O) groups is 1. The highest BCUT2D eigenvalue weighted by atomic mass is 32.2. The normalized spacial score (nSPS) is 13.8. The molecule has 4 aromatic rings. The number of aromatic nitrogens is 1. The van der Waals surface area contributed by atoms with Crippen LogP contribution in [0.25, 0.3) is 10.9 Å². The molecule has 1 saturated heterocycles. The van der Waals surface area contributed by atoms with E-state index in [2.05, 4.69) is 16.8 Å². The van der Waals surface area contributed by atoms with Gasteiger partial charge in [-0.1, -0.05) is 13.3 Å². The number of piperazine rings is 1. The van der Waals surface area contributed by atoms with Crippen molar-refractivity contribution < 1.29 is 27.1 Å². The second kappa shape index (κ2) is 12.8. The van der Waals surface area contributed by atoms with Crippen LogP contribution >= 0.6 is 0 Å². The summed E-state index contributed by atoms with van der Waals surface area (Å²) in [6, 6.07) is 17.8. The Morgan fingerprint density at radius 3 is 2.29 bits per heavy atom. The summed E-state index contributed by atoms with van der Waals surface area (Å²) in [5, 5.41) is 0.552. The monoisotopic (exact) mass is 591 g/mol. The molecule has 5 rings (SSSR count). The summed E-state index contributed by atoms with van der Waals surface area (Å²) < 4.78 is 52.6. The molecule has 1 aliphatic rings. The molecule has 1 fully saturated rings. The first-order valence-corrected chi connectivity index (χ1v) is 15.6. The summed E-state index contributed by atoms with van der Waals surface area (Å²) in [5.74, 6) is -0.179. The number of hydrogen-bond acceptors (Lipinski definition) is 8. The molecule has 0 unspecified atom stereocenters. The van der Waals surface area contributed by atoms with Crippen LogP contribution in [-0.2, 0) is 14.6 Å². The maximum atomic E-state index is 14.1. The lowest BCUT2D eigenvalue weighted by molar-refractivity contribution is 0.0526. The lowest BCUT2D eigenvalue weighted by Crippen LogP contribution is -2.47. The topological polar surface area (TPSA) is 89.0 Å². The Morgan fingerprint density at radius 1 is 0.929 bits per heavy atom. The zero-order valence-electron chi connectivity index (χ0n) is 23.8. The first-order valence-electron chi connectivity index (χ1n) is 14.1. The number of esters is 1. The first-order chi connectivity index (χ1) is 20.3. The van der Waals surface area contributed by atoms with E-state index < -0.39 is 15.8 Å². The first kappa shape index (κ1) is 29.3. The average molecular weight is 592 g/mol. The molecule has 0 spiro atoms. The number of anilines is 2. The summed E-state index contributed by atoms with van der Waals surface area (Å²) in [5.41, 5.74) is 2.28. The van der Waals surface area contributed by atoms with Gasteiger partial charge in [-0.3, -0.25) is 4.98 Å². The Kier molecular flexibility index (Phi) is 8.91. The molecule has 1 aromatic heterocycles. The van der Waals surface area contributed by atoms with E-state index in [1.54, 1.807) is 61.5 Å². The molecule has 0 amide bonds. The van der Waals surface area contributed by atoms with Gasteiger partial charge in [0.1, 0.15) is 16.5 Å². The number of sulfone groups is 1. The minimum absolute atomic E-state index is 0.0610. The lowest BCUT2D eigenvalue weighted by Gasteiger charge is -2.38. The smallest absolute Gasteiger partial charge is 0.338 e. The van der Waals surface area contributed by atoms with Gasteiger partial charge in [-0.25, -0.2) is 17.6 Å². The van der Waals surface area contributed by atoms with Crippen molar-refractivity contribution in [3.05, 3.63) is 84.3 Å². The number of carbonyl (C=O) groups excluding carboxylic acids is 1. The van der Waals surface area contributed by atoms with Crippen LogP contribution in [0.15, 0.2) is 82.7 Å². The SMILES string of the molecule is CCCCOc1ccc(S(=O)(=O)c2cnc3ccc(C(=O)OCC)cc3c2N2CCN(c3ccc(F)cc3)CC2)cc1. The van der Waals surface area contributed by atoms with E-state index in [9.17, 15) is 17.6 Å². The molecule has 10 heteroatoms. The second-order valence-corrected chi connectivity index (χ2v) is 12.0. The highest BCUT2D eigenvalue weighted by Crippen LogP contribution is 2.37. The van der Waals surface area contributed by atoms with Crippen LogP contribution in [0.2, 0.25) is 0 Å². The fraction of sp³-hybridized carbons (Fsp3) is 0.312. The van der Waals surface area contributed by atoms with Gasteiger partial charge in [-0.15, -0.1) is 0 Å². The Labute approximate surface area is 245 Å². The van der Waals surface area contributed by atoms with E-state index in [1.165, 1.54) is 18.3 Å². The van der Waals surface area contributed by atoms with Gasteiger partial charge in [0.15, 0.2) is 0 Å². The average Bonchev–Trinajstić information content (AvgIpc) is 3.01. The quantitative estimate of drug-likeness (QED) is 0.167. The van der Waals surface area contributed by atoms with Crippen molar-refractivity contribution in [3.63, 3.8) is 0 Å². The molecule has 0 N–H and O–H groups in total. The zero-order chi connectivity index (χ0) is 29.7. The van der Waals surface area contributed by atoms with Crippen molar-refractivity contribution in [1.29, 1.82) is 0 Å². The van der Waals surface area contributed by atoms with Gasteiger partial charge >= 0.3 is 5.97 Å². The fourth-order valence-electron chi connectivity index (χ4n) is 5.04. The van der Waals surface area contributed by atoms with Gasteiger partial charge in [-0.2, -0.15) is 0 Å². The standard InChI is InChI=1S/C32H34FN3O5S/c1-3-5-20-41-26-11-13-27(14-12-26)42(38,39)30-22-34-29-15-6-23(32(37)40-4-2)21-28(29)31(30)36-18-16-35(17-19-36)25-9-7-24(33)8-10-25/h6-15,21-22H,3-5,16-20H2,1-2H3. The van der Waals surface area contributed by atoms with Crippen molar-refractivity contribution in [2.24, 2.45) is 0 Å². The van der Waals surface area contributed by atoms with Crippen molar-refractivity contribution in [3.8, 4) is 5.75 Å². The summed E-state index contributed by atoms with van der Waals surface area (Å²) in [6.07, 6.45) is 3.31. The summed E-state index contributed by atoms with van der Waals surface area (Å²) in [4.78, 5) is 21.4. The predicted octanol–water partition coefficient (Wildman–Crippen LogP) is 5.89. The number of halogens is 1. The van der Waals surface area contributed by atoms with Crippen LogP contribution in [0.3, 0.4) is 0 Å². The molecular weight excluding hydrogens is 557 g/mol. The molecule has 1 aliphatic heterocycles. The van der Waals surface area contributed by atoms with Crippen molar-refractivity contribution in [2.75, 3.05) is 49.2 Å². The molecule has 220 valence electrons. The number of ether oxygens (including phenoxy) is 2. The Hall–Kier alpha value is -4.18. The minimum atomic E-state index is -4.00. The number of unbranched alkanes of at least 4 members (excludes halogenated alkanes) is 1. The molecule has 0 saturated carbocycles. The van der Waals surface area contributed by atoms with E-state index in [0.29, 0.717) is 60.7 Å². The fourth-order valence-corrected chi connectivity index (χ4v) is 6.47. The molecule has 0 atom stereocenters. The number of pyridine rings is 1. The van der Waals surface area contributed by atoms with Gasteiger partial charge in [0.25, 0.3) is 0 Å². The third-order valence-corrected chi connectivity index (χ3v) is 9.07. The third kappa shape index (κ3) is 6.18. The third-order valence-electron chi connectivity index (χ3n) is 7.29. The van der Waals surface area contributed by atoms with E-state index >= 15 is 0 Å². The summed E-state index contributed by atoms with van der Waals surface area (Å²) in [6.45, 7) is 6.80. The maximum absolute atomic E-state index is 14.1. The summed E-state index contributed by atoms with van der Waals surface area (Å²) >= 11 is 0. The highest BCUT2D eigenvalue weighted by Gasteiger charge is 2.29. The Balaban J connectivity index is 1.55. The van der Waals surface area contributed by atoms with E-state index in [1.807, 2.05) is 4.90 Å². The molecule has 2 heterocycles. The van der Waals surface area contributed by atoms with Crippen LogP contribution < -0.4 is 14.5 Å². The molecule has 42 heavy (non-hydrogen) atoms. The van der Waals surface area contributed by atoms with E-state index in [-0.39, 0.29) is 22.2 Å². The van der Waals surface area contributed by atoms with Crippen molar-refractivity contribution in [1.82, 2.24) is 4.98 Å².